The number of carbonyl (C=O) groups is 3. The summed E-state index contributed by atoms with van der Waals surface area (Å²) in [5.41, 5.74) is 4.95. The number of aliphatic imine (C=N–C) groups is 1. The third-order valence-electron chi connectivity index (χ3n) is 7.15. The van der Waals surface area contributed by atoms with Crippen LogP contribution in [0.25, 0.3) is 0 Å². The van der Waals surface area contributed by atoms with E-state index in [-0.39, 0.29) is 11.6 Å². The molecule has 0 fully saturated rings. The van der Waals surface area contributed by atoms with Crippen LogP contribution in [0.2, 0.25) is 0 Å². The van der Waals surface area contributed by atoms with Crippen LogP contribution in [0.5, 0.6) is 11.5 Å². The highest BCUT2D eigenvalue weighted by Crippen LogP contribution is 2.48. The van der Waals surface area contributed by atoms with Crippen LogP contribution in [0.15, 0.2) is 89.1 Å². The number of ether oxygens (including phenoxy) is 2. The predicted molar refractivity (Wildman–Crippen MR) is 134 cm³/mol. The number of rotatable bonds is 4. The van der Waals surface area contributed by atoms with Crippen LogP contribution < -0.4 is 9.47 Å². The Morgan fingerprint density at radius 1 is 0.833 bits per heavy atom. The third kappa shape index (κ3) is 3.57. The Kier molecular flexibility index (Phi) is 5.37. The van der Waals surface area contributed by atoms with Crippen LogP contribution in [-0.4, -0.2) is 30.4 Å². The molecule has 0 bridgehead atoms. The highest BCUT2D eigenvalue weighted by atomic mass is 16.5. The number of fused-ring (bicyclic) bond motifs is 3. The molecule has 0 radical (unpaired) electrons. The maximum absolute atomic E-state index is 13.5. The summed E-state index contributed by atoms with van der Waals surface area (Å²) in [5.74, 6) is -0.332. The van der Waals surface area contributed by atoms with Gasteiger partial charge in [0.15, 0.2) is 11.6 Å². The van der Waals surface area contributed by atoms with Gasteiger partial charge in [-0.2, -0.15) is 0 Å². The van der Waals surface area contributed by atoms with Gasteiger partial charge in [-0.25, -0.2) is 4.79 Å². The van der Waals surface area contributed by atoms with Gasteiger partial charge in [0, 0.05) is 34.7 Å². The van der Waals surface area contributed by atoms with E-state index in [1.54, 1.807) is 43.5 Å². The lowest BCUT2D eigenvalue weighted by molar-refractivity contribution is -0.116. The Labute approximate surface area is 208 Å². The predicted octanol–water partition coefficient (Wildman–Crippen LogP) is 5.32. The standard InChI is InChI=1S/C30H23NO5/c1-35-19-13-11-18(12-14-19)30(34)36-20-15-9-17(10-16-20)25-26-23(7-4-8-24(26)32)31-28-21-5-2-3-6-22(21)29(33)27(25)28/h2-3,5-6,9-16,25,27H,4,7-8H2,1H3/t25-,27+/m0/s1. The normalized spacial score (nSPS) is 20.3. The molecule has 0 amide bonds. The second-order valence-corrected chi connectivity index (χ2v) is 9.19. The van der Waals surface area contributed by atoms with Crippen LogP contribution in [0.3, 0.4) is 0 Å². The first-order valence-electron chi connectivity index (χ1n) is 12.0. The fourth-order valence-corrected chi connectivity index (χ4v) is 5.44. The minimum atomic E-state index is -0.532. The highest BCUT2D eigenvalue weighted by Gasteiger charge is 2.48. The maximum Gasteiger partial charge on any atom is 0.343 e. The van der Waals surface area contributed by atoms with Crippen molar-refractivity contribution in [2.45, 2.75) is 25.2 Å². The fourth-order valence-electron chi connectivity index (χ4n) is 5.44. The number of methoxy groups -OCH3 is 1. The minimum absolute atomic E-state index is 0.00529. The van der Waals surface area contributed by atoms with E-state index >= 15 is 0 Å². The molecule has 2 atom stereocenters. The molecule has 178 valence electrons. The van der Waals surface area contributed by atoms with E-state index in [0.29, 0.717) is 34.6 Å². The molecule has 6 rings (SSSR count). The second kappa shape index (κ2) is 8.72. The minimum Gasteiger partial charge on any atom is -0.497 e. The Bertz CT molecular complexity index is 1460. The number of carbonyl (C=O) groups excluding carboxylic acids is 3. The zero-order valence-corrected chi connectivity index (χ0v) is 19.7. The molecule has 3 aromatic carbocycles. The summed E-state index contributed by atoms with van der Waals surface area (Å²) >= 11 is 0. The molecule has 3 aromatic rings. The summed E-state index contributed by atoms with van der Waals surface area (Å²) in [7, 11) is 1.56. The topological polar surface area (TPSA) is 82.0 Å². The second-order valence-electron chi connectivity index (χ2n) is 9.19. The number of hydrogen-bond donors (Lipinski definition) is 0. The SMILES string of the molecule is COc1ccc(C(=O)Oc2ccc([C@H]3C4=C(CCCC4=O)N=C4c5ccccc5C(=O)[C@@H]43)cc2)cc1. The van der Waals surface area contributed by atoms with Gasteiger partial charge in [-0.05, 0) is 54.8 Å². The molecule has 0 saturated heterocycles. The quantitative estimate of drug-likeness (QED) is 0.375. The highest BCUT2D eigenvalue weighted by molar-refractivity contribution is 6.30. The van der Waals surface area contributed by atoms with Gasteiger partial charge in [-0.15, -0.1) is 0 Å². The Balaban J connectivity index is 1.33. The van der Waals surface area contributed by atoms with E-state index in [2.05, 4.69) is 0 Å². The van der Waals surface area contributed by atoms with Crippen molar-refractivity contribution >= 4 is 23.2 Å². The van der Waals surface area contributed by atoms with Crippen molar-refractivity contribution in [2.24, 2.45) is 10.9 Å². The van der Waals surface area contributed by atoms with Crippen molar-refractivity contribution in [3.05, 3.63) is 106 Å². The summed E-state index contributed by atoms with van der Waals surface area (Å²) < 4.78 is 10.7. The molecule has 1 aliphatic heterocycles. The first-order valence-corrected chi connectivity index (χ1v) is 12.0. The van der Waals surface area contributed by atoms with Crippen molar-refractivity contribution in [3.8, 4) is 11.5 Å². The van der Waals surface area contributed by atoms with Crippen LogP contribution >= 0.6 is 0 Å². The molecule has 36 heavy (non-hydrogen) atoms. The monoisotopic (exact) mass is 477 g/mol. The molecule has 6 heteroatoms. The van der Waals surface area contributed by atoms with Crippen molar-refractivity contribution < 1.29 is 23.9 Å². The molecule has 2 aliphatic carbocycles. The molecular weight excluding hydrogens is 454 g/mol. The average Bonchev–Trinajstić information content (AvgIpc) is 3.20. The zero-order chi connectivity index (χ0) is 24.8. The van der Waals surface area contributed by atoms with Crippen molar-refractivity contribution in [3.63, 3.8) is 0 Å². The molecule has 0 N–H and O–H groups in total. The van der Waals surface area contributed by atoms with E-state index in [1.165, 1.54) is 0 Å². The van der Waals surface area contributed by atoms with Gasteiger partial charge in [0.05, 0.1) is 24.3 Å². The fraction of sp³-hybridized carbons (Fsp3) is 0.200. The van der Waals surface area contributed by atoms with Crippen LogP contribution in [0.1, 0.15) is 57.0 Å². The number of allylic oxidation sites excluding steroid dienone is 2. The molecular formula is C30H23NO5. The van der Waals surface area contributed by atoms with E-state index in [9.17, 15) is 14.4 Å². The largest absolute Gasteiger partial charge is 0.497 e. The summed E-state index contributed by atoms with van der Waals surface area (Å²) in [6.45, 7) is 0. The molecule has 1 heterocycles. The van der Waals surface area contributed by atoms with E-state index in [0.717, 1.165) is 35.4 Å². The average molecular weight is 478 g/mol. The Hall–Kier alpha value is -4.32. The van der Waals surface area contributed by atoms with Gasteiger partial charge in [-0.1, -0.05) is 36.4 Å². The van der Waals surface area contributed by atoms with Gasteiger partial charge >= 0.3 is 5.97 Å². The molecule has 0 unspecified atom stereocenters. The molecule has 6 nitrogen and oxygen atoms in total. The van der Waals surface area contributed by atoms with Crippen LogP contribution in [-0.2, 0) is 4.79 Å². The van der Waals surface area contributed by atoms with Gasteiger partial charge in [0.25, 0.3) is 0 Å². The van der Waals surface area contributed by atoms with E-state index < -0.39 is 17.8 Å². The Morgan fingerprint density at radius 2 is 1.53 bits per heavy atom. The molecule has 0 spiro atoms. The summed E-state index contributed by atoms with van der Waals surface area (Å²) in [6.07, 6.45) is 1.95. The van der Waals surface area contributed by atoms with Gasteiger partial charge in [0.1, 0.15) is 11.5 Å². The van der Waals surface area contributed by atoms with Gasteiger partial charge in [0.2, 0.25) is 0 Å². The van der Waals surface area contributed by atoms with Crippen molar-refractivity contribution in [1.82, 2.24) is 0 Å². The number of Topliss-reactive ketones (excluding diaryl/α,β-unsaturated/α-hetero) is 2. The summed E-state index contributed by atoms with van der Waals surface area (Å²) in [6, 6.07) is 21.3. The van der Waals surface area contributed by atoms with Crippen LogP contribution in [0.4, 0.5) is 0 Å². The lowest BCUT2D eigenvalue weighted by atomic mass is 9.71. The zero-order valence-electron chi connectivity index (χ0n) is 19.7. The number of ketones is 2. The number of hydrogen-bond acceptors (Lipinski definition) is 6. The van der Waals surface area contributed by atoms with Gasteiger partial charge in [-0.3, -0.25) is 14.6 Å². The van der Waals surface area contributed by atoms with E-state index in [4.69, 9.17) is 14.5 Å². The molecule has 0 saturated carbocycles. The lowest BCUT2D eigenvalue weighted by Gasteiger charge is -2.33. The molecule has 0 aromatic heterocycles. The Morgan fingerprint density at radius 3 is 2.25 bits per heavy atom. The van der Waals surface area contributed by atoms with Gasteiger partial charge < -0.3 is 9.47 Å². The maximum atomic E-state index is 13.5. The van der Waals surface area contributed by atoms with E-state index in [1.807, 2.05) is 36.4 Å². The first kappa shape index (κ1) is 22.2. The molecule has 3 aliphatic rings. The third-order valence-corrected chi connectivity index (χ3v) is 7.15. The number of esters is 1. The number of benzene rings is 3. The van der Waals surface area contributed by atoms with Crippen molar-refractivity contribution in [2.75, 3.05) is 7.11 Å². The smallest absolute Gasteiger partial charge is 0.343 e. The van der Waals surface area contributed by atoms with Crippen molar-refractivity contribution in [1.29, 1.82) is 0 Å². The van der Waals surface area contributed by atoms with Crippen LogP contribution in [0, 0.1) is 5.92 Å². The summed E-state index contributed by atoms with van der Waals surface area (Å²) in [4.78, 5) is 44.0. The lowest BCUT2D eigenvalue weighted by Crippen LogP contribution is -2.33. The number of nitrogens with zero attached hydrogens (tertiary/aromatic N) is 1. The first-order chi connectivity index (χ1) is 17.5. The summed E-state index contributed by atoms with van der Waals surface area (Å²) in [5, 5.41) is 0.